The van der Waals surface area contributed by atoms with E-state index in [1.807, 2.05) is 17.7 Å². The Morgan fingerprint density at radius 2 is 2.05 bits per heavy atom. The van der Waals surface area contributed by atoms with Crippen LogP contribution in [0.1, 0.15) is 37.3 Å². The molecule has 0 fully saturated rings. The molecule has 2 unspecified atom stereocenters. The standard InChI is InChI=1S/C14H19BrN4O/c1-9(11-5-6-13(20-4)12(15)7-11)17-10(2)14-18-16-8-19(14)3/h5-10,17H,1-4H3. The number of benzene rings is 1. The van der Waals surface area contributed by atoms with Crippen LogP contribution in [0.4, 0.5) is 0 Å². The summed E-state index contributed by atoms with van der Waals surface area (Å²) >= 11 is 3.51. The van der Waals surface area contributed by atoms with Gasteiger partial charge in [0.25, 0.3) is 0 Å². The number of aryl methyl sites for hydroxylation is 1. The molecule has 0 radical (unpaired) electrons. The van der Waals surface area contributed by atoms with Gasteiger partial charge in [0.1, 0.15) is 17.9 Å². The molecule has 0 aliphatic rings. The molecule has 6 heteroatoms. The van der Waals surface area contributed by atoms with Crippen molar-refractivity contribution < 1.29 is 4.74 Å². The number of methoxy groups -OCH3 is 1. The maximum absolute atomic E-state index is 5.25. The van der Waals surface area contributed by atoms with Gasteiger partial charge in [-0.25, -0.2) is 0 Å². The Balaban J connectivity index is 2.10. The first kappa shape index (κ1) is 15.0. The van der Waals surface area contributed by atoms with Crippen molar-refractivity contribution >= 4 is 15.9 Å². The highest BCUT2D eigenvalue weighted by molar-refractivity contribution is 9.10. The van der Waals surface area contributed by atoms with Gasteiger partial charge >= 0.3 is 0 Å². The molecule has 1 aromatic carbocycles. The third-order valence-corrected chi connectivity index (χ3v) is 3.93. The molecule has 108 valence electrons. The zero-order valence-corrected chi connectivity index (χ0v) is 13.7. The number of aromatic nitrogens is 3. The predicted octanol–water partition coefficient (Wildman–Crippen LogP) is 3.00. The lowest BCUT2D eigenvalue weighted by molar-refractivity contribution is 0.411. The van der Waals surface area contributed by atoms with Gasteiger partial charge in [-0.05, 0) is 47.5 Å². The van der Waals surface area contributed by atoms with Crippen LogP contribution in [-0.4, -0.2) is 21.9 Å². The maximum atomic E-state index is 5.25. The Morgan fingerprint density at radius 3 is 2.60 bits per heavy atom. The van der Waals surface area contributed by atoms with Gasteiger partial charge in [-0.3, -0.25) is 0 Å². The summed E-state index contributed by atoms with van der Waals surface area (Å²) in [5.41, 5.74) is 1.19. The summed E-state index contributed by atoms with van der Waals surface area (Å²) in [7, 11) is 3.61. The van der Waals surface area contributed by atoms with Crippen molar-refractivity contribution in [3.05, 3.63) is 40.4 Å². The quantitative estimate of drug-likeness (QED) is 0.910. The second-order valence-corrected chi connectivity index (χ2v) is 5.66. The van der Waals surface area contributed by atoms with E-state index in [2.05, 4.69) is 57.4 Å². The van der Waals surface area contributed by atoms with Crippen molar-refractivity contribution in [2.45, 2.75) is 25.9 Å². The van der Waals surface area contributed by atoms with Crippen molar-refractivity contribution in [2.24, 2.45) is 7.05 Å². The molecule has 1 heterocycles. The summed E-state index contributed by atoms with van der Waals surface area (Å²) in [4.78, 5) is 0. The van der Waals surface area contributed by atoms with Crippen LogP contribution in [0.15, 0.2) is 29.0 Å². The van der Waals surface area contributed by atoms with Gasteiger partial charge in [0.05, 0.1) is 17.6 Å². The Labute approximate surface area is 127 Å². The van der Waals surface area contributed by atoms with Gasteiger partial charge in [0.2, 0.25) is 0 Å². The third kappa shape index (κ3) is 3.19. The van der Waals surface area contributed by atoms with Crippen molar-refractivity contribution in [1.29, 1.82) is 0 Å². The first-order chi connectivity index (χ1) is 9.52. The average molecular weight is 339 g/mol. The number of rotatable bonds is 5. The highest BCUT2D eigenvalue weighted by Gasteiger charge is 2.15. The number of hydrogen-bond donors (Lipinski definition) is 1. The molecule has 1 aromatic heterocycles. The van der Waals surface area contributed by atoms with Gasteiger partial charge < -0.3 is 14.6 Å². The van der Waals surface area contributed by atoms with E-state index in [0.29, 0.717) is 0 Å². The van der Waals surface area contributed by atoms with E-state index < -0.39 is 0 Å². The lowest BCUT2D eigenvalue weighted by Crippen LogP contribution is -2.24. The van der Waals surface area contributed by atoms with Crippen LogP contribution in [0.3, 0.4) is 0 Å². The first-order valence-corrected chi connectivity index (χ1v) is 7.25. The minimum absolute atomic E-state index is 0.123. The number of nitrogens with one attached hydrogen (secondary N) is 1. The van der Waals surface area contributed by atoms with Crippen LogP contribution in [-0.2, 0) is 7.05 Å². The van der Waals surface area contributed by atoms with Crippen LogP contribution in [0.5, 0.6) is 5.75 Å². The number of nitrogens with zero attached hydrogens (tertiary/aromatic N) is 3. The van der Waals surface area contributed by atoms with Gasteiger partial charge in [-0.1, -0.05) is 6.07 Å². The zero-order chi connectivity index (χ0) is 14.7. The number of hydrogen-bond acceptors (Lipinski definition) is 4. The second kappa shape index (κ2) is 6.37. The Kier molecular flexibility index (Phi) is 4.77. The third-order valence-electron chi connectivity index (χ3n) is 3.31. The Morgan fingerprint density at radius 1 is 1.30 bits per heavy atom. The Bertz CT molecular complexity index is 584. The molecule has 0 saturated heterocycles. The fraction of sp³-hybridized carbons (Fsp3) is 0.429. The van der Waals surface area contributed by atoms with E-state index in [9.17, 15) is 0 Å². The second-order valence-electron chi connectivity index (χ2n) is 4.80. The Hall–Kier alpha value is -1.40. The van der Waals surface area contributed by atoms with E-state index in [4.69, 9.17) is 4.74 Å². The SMILES string of the molecule is COc1ccc(C(C)NC(C)c2nncn2C)cc1Br. The number of halogens is 1. The molecule has 1 N–H and O–H groups in total. The monoisotopic (exact) mass is 338 g/mol. The normalized spacial score (nSPS) is 14.1. The van der Waals surface area contributed by atoms with Crippen LogP contribution in [0, 0.1) is 0 Å². The summed E-state index contributed by atoms with van der Waals surface area (Å²) in [6.45, 7) is 4.21. The molecule has 2 atom stereocenters. The van der Waals surface area contributed by atoms with Crippen LogP contribution in [0.2, 0.25) is 0 Å². The lowest BCUT2D eigenvalue weighted by Gasteiger charge is -2.20. The van der Waals surface area contributed by atoms with Gasteiger partial charge in [-0.2, -0.15) is 0 Å². The van der Waals surface area contributed by atoms with E-state index in [0.717, 1.165) is 16.0 Å². The molecule has 0 spiro atoms. The van der Waals surface area contributed by atoms with E-state index in [-0.39, 0.29) is 12.1 Å². The maximum Gasteiger partial charge on any atom is 0.149 e. The fourth-order valence-electron chi connectivity index (χ4n) is 2.18. The predicted molar refractivity (Wildman–Crippen MR) is 81.7 cm³/mol. The van der Waals surface area contributed by atoms with Crippen molar-refractivity contribution in [3.63, 3.8) is 0 Å². The molecule has 2 rings (SSSR count). The molecule has 0 aliphatic heterocycles. The van der Waals surface area contributed by atoms with Crippen LogP contribution in [0.25, 0.3) is 0 Å². The van der Waals surface area contributed by atoms with E-state index in [1.54, 1.807) is 13.4 Å². The van der Waals surface area contributed by atoms with Crippen molar-refractivity contribution in [3.8, 4) is 5.75 Å². The molecule has 0 amide bonds. The van der Waals surface area contributed by atoms with Gasteiger partial charge in [0, 0.05) is 13.1 Å². The van der Waals surface area contributed by atoms with Crippen LogP contribution >= 0.6 is 15.9 Å². The molecule has 0 aliphatic carbocycles. The van der Waals surface area contributed by atoms with Crippen molar-refractivity contribution in [2.75, 3.05) is 7.11 Å². The summed E-state index contributed by atoms with van der Waals surface area (Å²) in [6, 6.07) is 6.41. The van der Waals surface area contributed by atoms with E-state index >= 15 is 0 Å². The summed E-state index contributed by atoms with van der Waals surface area (Å²) in [5, 5.41) is 11.6. The molecule has 20 heavy (non-hydrogen) atoms. The zero-order valence-electron chi connectivity index (χ0n) is 12.1. The molecular weight excluding hydrogens is 320 g/mol. The molecule has 2 aromatic rings. The average Bonchev–Trinajstić information content (AvgIpc) is 2.84. The van der Waals surface area contributed by atoms with Crippen molar-refractivity contribution in [1.82, 2.24) is 20.1 Å². The molecule has 0 bridgehead atoms. The van der Waals surface area contributed by atoms with E-state index in [1.165, 1.54) is 5.56 Å². The summed E-state index contributed by atoms with van der Waals surface area (Å²) < 4.78 is 8.13. The highest BCUT2D eigenvalue weighted by atomic mass is 79.9. The topological polar surface area (TPSA) is 52.0 Å². The van der Waals surface area contributed by atoms with Crippen LogP contribution < -0.4 is 10.1 Å². The molecule has 5 nitrogen and oxygen atoms in total. The lowest BCUT2D eigenvalue weighted by atomic mass is 10.1. The van der Waals surface area contributed by atoms with Gasteiger partial charge in [-0.15, -0.1) is 10.2 Å². The number of ether oxygens (including phenoxy) is 1. The minimum atomic E-state index is 0.123. The molecule has 0 saturated carbocycles. The largest absolute Gasteiger partial charge is 0.496 e. The minimum Gasteiger partial charge on any atom is -0.496 e. The molecular formula is C14H19BrN4O. The summed E-state index contributed by atoms with van der Waals surface area (Å²) in [6.07, 6.45) is 1.71. The summed E-state index contributed by atoms with van der Waals surface area (Å²) in [5.74, 6) is 1.76. The van der Waals surface area contributed by atoms with Gasteiger partial charge in [0.15, 0.2) is 0 Å². The smallest absolute Gasteiger partial charge is 0.149 e. The highest BCUT2D eigenvalue weighted by Crippen LogP contribution is 2.28. The fourth-order valence-corrected chi connectivity index (χ4v) is 2.74. The first-order valence-electron chi connectivity index (χ1n) is 6.46.